The van der Waals surface area contributed by atoms with Crippen LogP contribution < -0.4 is 9.47 Å². The lowest BCUT2D eigenvalue weighted by molar-refractivity contribution is -0.150. The molecule has 0 saturated heterocycles. The molecule has 0 aliphatic rings. The Labute approximate surface area is 108 Å². The zero-order valence-corrected chi connectivity index (χ0v) is 10.7. The van der Waals surface area contributed by atoms with Crippen LogP contribution in [-0.4, -0.2) is 32.4 Å². The first-order chi connectivity index (χ1) is 8.47. The van der Waals surface area contributed by atoms with E-state index in [0.717, 1.165) is 13.2 Å². The molecule has 100 valence electrons. The van der Waals surface area contributed by atoms with Gasteiger partial charge in [0.1, 0.15) is 5.02 Å². The number of rotatable bonds is 4. The fourth-order valence-corrected chi connectivity index (χ4v) is 1.66. The molecule has 1 N–H and O–H groups in total. The minimum absolute atomic E-state index is 0.0162. The van der Waals surface area contributed by atoms with Gasteiger partial charge in [0.2, 0.25) is 0 Å². The Kier molecular flexibility index (Phi) is 4.75. The van der Waals surface area contributed by atoms with Crippen LogP contribution in [0.2, 0.25) is 5.02 Å². The molecular weight excluding hydrogens is 267 g/mol. The maximum Gasteiger partial charge on any atom is 0.339 e. The van der Waals surface area contributed by atoms with Crippen LogP contribution in [0.4, 0.5) is 4.39 Å². The standard InChI is InChI=1S/C11H12ClFO5/c1-16-6-4-5(9(14)11(15)18-3)8(13)7(12)10(6)17-2/h4,9,14H,1-3H3. The number of benzene rings is 1. The molecule has 1 aromatic carbocycles. The lowest BCUT2D eigenvalue weighted by Crippen LogP contribution is -2.15. The molecule has 18 heavy (non-hydrogen) atoms. The van der Waals surface area contributed by atoms with Gasteiger partial charge in [0, 0.05) is 5.56 Å². The second kappa shape index (κ2) is 5.88. The van der Waals surface area contributed by atoms with Crippen molar-refractivity contribution in [3.05, 3.63) is 22.5 Å². The van der Waals surface area contributed by atoms with Crippen molar-refractivity contribution in [3.63, 3.8) is 0 Å². The van der Waals surface area contributed by atoms with E-state index in [9.17, 15) is 14.3 Å². The first-order valence-electron chi connectivity index (χ1n) is 4.83. The summed E-state index contributed by atoms with van der Waals surface area (Å²) in [4.78, 5) is 11.2. The van der Waals surface area contributed by atoms with Gasteiger partial charge in [0.05, 0.1) is 21.3 Å². The number of carbonyl (C=O) groups is 1. The molecule has 7 heteroatoms. The molecule has 5 nitrogen and oxygen atoms in total. The monoisotopic (exact) mass is 278 g/mol. The second-order valence-corrected chi connectivity index (χ2v) is 3.63. The molecule has 0 heterocycles. The minimum atomic E-state index is -1.78. The Balaban J connectivity index is 3.38. The predicted molar refractivity (Wildman–Crippen MR) is 61.5 cm³/mol. The average molecular weight is 279 g/mol. The van der Waals surface area contributed by atoms with Gasteiger partial charge < -0.3 is 19.3 Å². The zero-order valence-electron chi connectivity index (χ0n) is 9.99. The largest absolute Gasteiger partial charge is 0.493 e. The first-order valence-corrected chi connectivity index (χ1v) is 5.21. The highest BCUT2D eigenvalue weighted by molar-refractivity contribution is 6.32. The van der Waals surface area contributed by atoms with Crippen LogP contribution in [0.15, 0.2) is 6.07 Å². The molecule has 0 saturated carbocycles. The zero-order chi connectivity index (χ0) is 13.9. The molecule has 0 amide bonds. The molecule has 0 radical (unpaired) electrons. The summed E-state index contributed by atoms with van der Waals surface area (Å²) < 4.78 is 28.0. The SMILES string of the molecule is COC(=O)C(O)c1cc(OC)c(OC)c(Cl)c1F. The predicted octanol–water partition coefficient (Wildman–Crippen LogP) is 1.70. The highest BCUT2D eigenvalue weighted by Crippen LogP contribution is 2.40. The number of hydrogen-bond donors (Lipinski definition) is 1. The second-order valence-electron chi connectivity index (χ2n) is 3.25. The topological polar surface area (TPSA) is 65.0 Å². The van der Waals surface area contributed by atoms with Crippen LogP contribution >= 0.6 is 11.6 Å². The van der Waals surface area contributed by atoms with E-state index in [4.69, 9.17) is 21.1 Å². The Hall–Kier alpha value is -1.53. The molecule has 0 bridgehead atoms. The number of halogens is 2. The molecule has 0 aromatic heterocycles. The van der Waals surface area contributed by atoms with Gasteiger partial charge in [-0.3, -0.25) is 0 Å². The molecule has 1 aromatic rings. The summed E-state index contributed by atoms with van der Waals surface area (Å²) in [6.07, 6.45) is -1.78. The number of aliphatic hydroxyl groups excluding tert-OH is 1. The average Bonchev–Trinajstić information content (AvgIpc) is 2.39. The number of aliphatic hydroxyl groups is 1. The van der Waals surface area contributed by atoms with Crippen molar-refractivity contribution in [2.45, 2.75) is 6.10 Å². The van der Waals surface area contributed by atoms with E-state index in [-0.39, 0.29) is 22.1 Å². The van der Waals surface area contributed by atoms with Crippen LogP contribution in [0.5, 0.6) is 11.5 Å². The number of methoxy groups -OCH3 is 3. The Morgan fingerprint density at radius 2 is 2.00 bits per heavy atom. The fourth-order valence-electron chi connectivity index (χ4n) is 1.38. The molecule has 0 fully saturated rings. The number of esters is 1. The van der Waals surface area contributed by atoms with Crippen molar-refractivity contribution in [1.82, 2.24) is 0 Å². The van der Waals surface area contributed by atoms with Gasteiger partial charge in [0.15, 0.2) is 23.4 Å². The Morgan fingerprint density at radius 1 is 1.39 bits per heavy atom. The van der Waals surface area contributed by atoms with Crippen LogP contribution in [0, 0.1) is 5.82 Å². The van der Waals surface area contributed by atoms with Crippen molar-refractivity contribution in [2.75, 3.05) is 21.3 Å². The van der Waals surface area contributed by atoms with E-state index in [1.54, 1.807) is 0 Å². The van der Waals surface area contributed by atoms with E-state index >= 15 is 0 Å². The van der Waals surface area contributed by atoms with Crippen LogP contribution in [-0.2, 0) is 9.53 Å². The maximum absolute atomic E-state index is 13.9. The van der Waals surface area contributed by atoms with Crippen molar-refractivity contribution >= 4 is 17.6 Å². The lowest BCUT2D eigenvalue weighted by Gasteiger charge is -2.15. The van der Waals surface area contributed by atoms with Crippen LogP contribution in [0.25, 0.3) is 0 Å². The van der Waals surface area contributed by atoms with Gasteiger partial charge in [-0.1, -0.05) is 11.6 Å². The first kappa shape index (κ1) is 14.5. The summed E-state index contributed by atoms with van der Waals surface area (Å²) in [7, 11) is 3.69. The molecule has 0 aliphatic heterocycles. The van der Waals surface area contributed by atoms with Crippen molar-refractivity contribution in [3.8, 4) is 11.5 Å². The number of hydrogen-bond acceptors (Lipinski definition) is 5. The van der Waals surface area contributed by atoms with E-state index in [1.807, 2.05) is 0 Å². The quantitative estimate of drug-likeness (QED) is 0.849. The summed E-state index contributed by atoms with van der Waals surface area (Å²) >= 11 is 5.73. The van der Waals surface area contributed by atoms with Gasteiger partial charge in [-0.25, -0.2) is 9.18 Å². The van der Waals surface area contributed by atoms with Gasteiger partial charge >= 0.3 is 5.97 Å². The third-order valence-corrected chi connectivity index (χ3v) is 2.64. The number of ether oxygens (including phenoxy) is 3. The summed E-state index contributed by atoms with van der Waals surface area (Å²) in [6.45, 7) is 0. The van der Waals surface area contributed by atoms with Crippen LogP contribution in [0.3, 0.4) is 0 Å². The van der Waals surface area contributed by atoms with E-state index in [2.05, 4.69) is 4.74 Å². The smallest absolute Gasteiger partial charge is 0.339 e. The van der Waals surface area contributed by atoms with Gasteiger partial charge in [-0.05, 0) is 6.07 Å². The summed E-state index contributed by atoms with van der Waals surface area (Å²) in [5.74, 6) is -1.89. The number of carbonyl (C=O) groups excluding carboxylic acids is 1. The Bertz CT molecular complexity index is 463. The van der Waals surface area contributed by atoms with E-state index in [1.165, 1.54) is 14.2 Å². The van der Waals surface area contributed by atoms with Gasteiger partial charge in [-0.2, -0.15) is 0 Å². The summed E-state index contributed by atoms with van der Waals surface area (Å²) in [5.41, 5.74) is -0.343. The Morgan fingerprint density at radius 3 is 2.44 bits per heavy atom. The molecular formula is C11H12ClFO5. The van der Waals surface area contributed by atoms with Crippen molar-refractivity contribution in [2.24, 2.45) is 0 Å². The molecule has 1 unspecified atom stereocenters. The fraction of sp³-hybridized carbons (Fsp3) is 0.364. The van der Waals surface area contributed by atoms with E-state index < -0.39 is 17.9 Å². The third kappa shape index (κ3) is 2.49. The van der Waals surface area contributed by atoms with Crippen molar-refractivity contribution in [1.29, 1.82) is 0 Å². The molecule has 0 spiro atoms. The minimum Gasteiger partial charge on any atom is -0.493 e. The summed E-state index contributed by atoms with van der Waals surface area (Å²) in [6, 6.07) is 1.13. The highest BCUT2D eigenvalue weighted by Gasteiger charge is 2.27. The van der Waals surface area contributed by atoms with Gasteiger partial charge in [-0.15, -0.1) is 0 Å². The highest BCUT2D eigenvalue weighted by atomic mass is 35.5. The normalized spacial score (nSPS) is 11.9. The third-order valence-electron chi connectivity index (χ3n) is 2.30. The van der Waals surface area contributed by atoms with Crippen molar-refractivity contribution < 1.29 is 28.5 Å². The van der Waals surface area contributed by atoms with Crippen LogP contribution in [0.1, 0.15) is 11.7 Å². The lowest BCUT2D eigenvalue weighted by atomic mass is 10.1. The molecule has 1 atom stereocenters. The summed E-state index contributed by atoms with van der Waals surface area (Å²) in [5, 5.41) is 9.23. The maximum atomic E-state index is 13.9. The van der Waals surface area contributed by atoms with E-state index in [0.29, 0.717) is 0 Å². The molecule has 0 aliphatic carbocycles. The molecule has 1 rings (SSSR count). The van der Waals surface area contributed by atoms with Gasteiger partial charge in [0.25, 0.3) is 0 Å².